The summed E-state index contributed by atoms with van der Waals surface area (Å²) in [6, 6.07) is 6.37. The van der Waals surface area contributed by atoms with E-state index in [2.05, 4.69) is 11.4 Å². The van der Waals surface area contributed by atoms with E-state index in [1.165, 1.54) is 12.1 Å². The molecule has 22 heavy (non-hydrogen) atoms. The molecule has 0 aliphatic heterocycles. The van der Waals surface area contributed by atoms with Crippen molar-refractivity contribution in [2.45, 2.75) is 20.0 Å². The Morgan fingerprint density at radius 3 is 2.41 bits per heavy atom. The zero-order valence-electron chi connectivity index (χ0n) is 12.4. The van der Waals surface area contributed by atoms with Gasteiger partial charge in [-0.1, -0.05) is 6.92 Å². The number of amides is 1. The number of alkyl halides is 3. The summed E-state index contributed by atoms with van der Waals surface area (Å²) in [7, 11) is 0. The Bertz CT molecular complexity index is 534. The number of benzene rings is 1. The summed E-state index contributed by atoms with van der Waals surface area (Å²) in [4.78, 5) is 13.7. The molecular weight excluding hydrogens is 295 g/mol. The fourth-order valence-corrected chi connectivity index (χ4v) is 1.88. The summed E-state index contributed by atoms with van der Waals surface area (Å²) < 4.78 is 37.3. The fourth-order valence-electron chi connectivity index (χ4n) is 1.88. The van der Waals surface area contributed by atoms with Crippen LogP contribution in [-0.4, -0.2) is 30.4 Å². The number of nitrogens with one attached hydrogen (secondary N) is 1. The molecule has 0 saturated carbocycles. The minimum absolute atomic E-state index is 0.0868. The van der Waals surface area contributed by atoms with E-state index < -0.39 is 11.7 Å². The molecule has 0 saturated heterocycles. The predicted octanol–water partition coefficient (Wildman–Crippen LogP) is 3.13. The smallest absolute Gasteiger partial charge is 0.325 e. The van der Waals surface area contributed by atoms with Crippen LogP contribution >= 0.6 is 0 Å². The second kappa shape index (κ2) is 7.80. The third-order valence-electron chi connectivity index (χ3n) is 3.06. The van der Waals surface area contributed by atoms with Gasteiger partial charge in [0.25, 0.3) is 0 Å². The standard InChI is InChI=1S/C15H18F3N3O/c1-3-21(9-11(2)8-19)10-14(22)20-13-6-4-12(5-7-13)15(16,17)18/h4-7,11H,3,9-10H2,1-2H3,(H,20,22)/t11-/m1/s1. The average molecular weight is 313 g/mol. The van der Waals surface area contributed by atoms with Gasteiger partial charge in [-0.3, -0.25) is 9.69 Å². The van der Waals surface area contributed by atoms with Gasteiger partial charge in [0.1, 0.15) is 0 Å². The normalized spacial score (nSPS) is 12.8. The number of hydrogen-bond acceptors (Lipinski definition) is 3. The van der Waals surface area contributed by atoms with Crippen LogP contribution in [0.3, 0.4) is 0 Å². The summed E-state index contributed by atoms with van der Waals surface area (Å²) >= 11 is 0. The number of nitrogens with zero attached hydrogens (tertiary/aromatic N) is 2. The van der Waals surface area contributed by atoms with Gasteiger partial charge >= 0.3 is 6.18 Å². The number of carbonyl (C=O) groups is 1. The molecule has 0 radical (unpaired) electrons. The molecule has 0 unspecified atom stereocenters. The van der Waals surface area contributed by atoms with Crippen LogP contribution in [0.1, 0.15) is 19.4 Å². The molecule has 1 aromatic carbocycles. The van der Waals surface area contributed by atoms with Crippen molar-refractivity contribution < 1.29 is 18.0 Å². The van der Waals surface area contributed by atoms with E-state index in [0.717, 1.165) is 12.1 Å². The lowest BCUT2D eigenvalue weighted by atomic mass is 10.2. The Labute approximate surface area is 127 Å². The van der Waals surface area contributed by atoms with Crippen molar-refractivity contribution in [3.8, 4) is 6.07 Å². The maximum Gasteiger partial charge on any atom is 0.416 e. The Morgan fingerprint density at radius 1 is 1.36 bits per heavy atom. The number of rotatable bonds is 6. The first kappa shape index (κ1) is 18.0. The number of carbonyl (C=O) groups excluding carboxylic acids is 1. The summed E-state index contributed by atoms with van der Waals surface area (Å²) in [5.74, 6) is -0.523. The molecule has 0 aromatic heterocycles. The van der Waals surface area contributed by atoms with E-state index in [0.29, 0.717) is 18.8 Å². The van der Waals surface area contributed by atoms with Crippen LogP contribution in [0.25, 0.3) is 0 Å². The number of hydrogen-bond donors (Lipinski definition) is 1. The van der Waals surface area contributed by atoms with E-state index in [1.54, 1.807) is 11.8 Å². The molecule has 1 N–H and O–H groups in total. The van der Waals surface area contributed by atoms with Crippen molar-refractivity contribution >= 4 is 11.6 Å². The van der Waals surface area contributed by atoms with Crippen molar-refractivity contribution in [1.82, 2.24) is 4.90 Å². The summed E-state index contributed by atoms with van der Waals surface area (Å²) in [6.07, 6.45) is -4.39. The van der Waals surface area contributed by atoms with Crippen LogP contribution in [0.5, 0.6) is 0 Å². The lowest BCUT2D eigenvalue weighted by Gasteiger charge is -2.20. The van der Waals surface area contributed by atoms with Gasteiger partial charge in [-0.2, -0.15) is 18.4 Å². The Morgan fingerprint density at radius 2 is 1.95 bits per heavy atom. The molecule has 1 amide bonds. The molecule has 0 aliphatic rings. The summed E-state index contributed by atoms with van der Waals surface area (Å²) in [5.41, 5.74) is -0.453. The molecule has 0 heterocycles. The highest BCUT2D eigenvalue weighted by atomic mass is 19.4. The molecule has 0 bridgehead atoms. The van der Waals surface area contributed by atoms with E-state index in [4.69, 9.17) is 5.26 Å². The van der Waals surface area contributed by atoms with E-state index in [1.807, 2.05) is 6.92 Å². The average Bonchev–Trinajstić information content (AvgIpc) is 2.45. The van der Waals surface area contributed by atoms with Crippen LogP contribution in [0.15, 0.2) is 24.3 Å². The summed E-state index contributed by atoms with van der Waals surface area (Å²) in [5, 5.41) is 11.3. The molecule has 1 rings (SSSR count). The van der Waals surface area contributed by atoms with Crippen LogP contribution in [0.2, 0.25) is 0 Å². The minimum atomic E-state index is -4.39. The van der Waals surface area contributed by atoms with Gasteiger partial charge < -0.3 is 5.32 Å². The summed E-state index contributed by atoms with van der Waals surface area (Å²) in [6.45, 7) is 4.79. The first-order chi connectivity index (χ1) is 10.3. The molecule has 4 nitrogen and oxygen atoms in total. The third-order valence-corrected chi connectivity index (χ3v) is 3.06. The van der Waals surface area contributed by atoms with Gasteiger partial charge in [-0.05, 0) is 37.7 Å². The van der Waals surface area contributed by atoms with Crippen LogP contribution < -0.4 is 5.32 Å². The van der Waals surface area contributed by atoms with Gasteiger partial charge in [0.15, 0.2) is 0 Å². The van der Waals surface area contributed by atoms with Crippen molar-refractivity contribution in [1.29, 1.82) is 5.26 Å². The molecule has 1 aromatic rings. The highest BCUT2D eigenvalue weighted by Gasteiger charge is 2.30. The third kappa shape index (κ3) is 5.74. The van der Waals surface area contributed by atoms with E-state index in [9.17, 15) is 18.0 Å². The van der Waals surface area contributed by atoms with Crippen molar-refractivity contribution in [3.63, 3.8) is 0 Å². The molecule has 0 aliphatic carbocycles. The zero-order valence-corrected chi connectivity index (χ0v) is 12.4. The van der Waals surface area contributed by atoms with Crippen molar-refractivity contribution in [2.24, 2.45) is 5.92 Å². The van der Waals surface area contributed by atoms with E-state index in [-0.39, 0.29) is 18.4 Å². The second-order valence-electron chi connectivity index (χ2n) is 4.98. The van der Waals surface area contributed by atoms with Crippen molar-refractivity contribution in [3.05, 3.63) is 29.8 Å². The lowest BCUT2D eigenvalue weighted by molar-refractivity contribution is -0.137. The highest BCUT2D eigenvalue weighted by Crippen LogP contribution is 2.29. The van der Waals surface area contributed by atoms with Gasteiger partial charge in [0, 0.05) is 12.2 Å². The van der Waals surface area contributed by atoms with Crippen LogP contribution in [-0.2, 0) is 11.0 Å². The number of halogens is 3. The van der Waals surface area contributed by atoms with Gasteiger partial charge in [0.2, 0.25) is 5.91 Å². The Hall–Kier alpha value is -2.07. The fraction of sp³-hybridized carbons (Fsp3) is 0.467. The second-order valence-corrected chi connectivity index (χ2v) is 4.98. The van der Waals surface area contributed by atoms with Crippen LogP contribution in [0, 0.1) is 17.2 Å². The number of likely N-dealkylation sites (N-methyl/N-ethyl adjacent to an activating group) is 1. The lowest BCUT2D eigenvalue weighted by Crippen LogP contribution is -2.35. The maximum absolute atomic E-state index is 12.4. The molecule has 0 fully saturated rings. The van der Waals surface area contributed by atoms with E-state index >= 15 is 0 Å². The highest BCUT2D eigenvalue weighted by molar-refractivity contribution is 5.92. The Kier molecular flexibility index (Phi) is 6.38. The number of anilines is 1. The quantitative estimate of drug-likeness (QED) is 0.878. The molecule has 120 valence electrons. The largest absolute Gasteiger partial charge is 0.416 e. The Balaban J connectivity index is 2.59. The topological polar surface area (TPSA) is 56.1 Å². The minimum Gasteiger partial charge on any atom is -0.325 e. The molecule has 1 atom stereocenters. The van der Waals surface area contributed by atoms with Gasteiger partial charge in [0.05, 0.1) is 24.1 Å². The van der Waals surface area contributed by atoms with Gasteiger partial charge in [-0.25, -0.2) is 0 Å². The molecule has 7 heteroatoms. The SMILES string of the molecule is CCN(CC(=O)Nc1ccc(C(F)(F)F)cc1)C[C@H](C)C#N. The first-order valence-electron chi connectivity index (χ1n) is 6.85. The predicted molar refractivity (Wildman–Crippen MR) is 77.0 cm³/mol. The molecule has 0 spiro atoms. The van der Waals surface area contributed by atoms with Crippen molar-refractivity contribution in [2.75, 3.05) is 25.0 Å². The molecular formula is C15H18F3N3O. The monoisotopic (exact) mass is 313 g/mol. The maximum atomic E-state index is 12.4. The number of nitriles is 1. The van der Waals surface area contributed by atoms with Gasteiger partial charge in [-0.15, -0.1) is 0 Å². The zero-order chi connectivity index (χ0) is 16.8. The first-order valence-corrected chi connectivity index (χ1v) is 6.85. The van der Waals surface area contributed by atoms with Crippen LogP contribution in [0.4, 0.5) is 18.9 Å².